The third-order valence-electron chi connectivity index (χ3n) is 5.13. The van der Waals surface area contributed by atoms with Gasteiger partial charge in [-0.2, -0.15) is 5.26 Å². The van der Waals surface area contributed by atoms with Crippen molar-refractivity contribution in [2.24, 2.45) is 0 Å². The van der Waals surface area contributed by atoms with Crippen LogP contribution in [0.4, 0.5) is 9.39 Å². The van der Waals surface area contributed by atoms with Crippen LogP contribution in [0.25, 0.3) is 28.5 Å². The summed E-state index contributed by atoms with van der Waals surface area (Å²) in [7, 11) is 0. The number of nitriles is 1. The van der Waals surface area contributed by atoms with E-state index in [4.69, 9.17) is 32.4 Å². The summed E-state index contributed by atoms with van der Waals surface area (Å²) < 4.78 is 24.3. The van der Waals surface area contributed by atoms with Crippen LogP contribution in [-0.2, 0) is 9.53 Å². The van der Waals surface area contributed by atoms with Crippen molar-refractivity contribution < 1.29 is 23.1 Å². The van der Waals surface area contributed by atoms with Crippen LogP contribution in [0, 0.1) is 17.1 Å². The molecule has 0 aliphatic heterocycles. The van der Waals surface area contributed by atoms with Crippen LogP contribution in [0.5, 0.6) is 0 Å². The molecule has 0 fully saturated rings. The molecule has 0 radical (unpaired) electrons. The summed E-state index contributed by atoms with van der Waals surface area (Å²) >= 11 is 13.3. The van der Waals surface area contributed by atoms with E-state index in [0.717, 1.165) is 11.3 Å². The maximum Gasteiger partial charge on any atom is 0.341 e. The lowest BCUT2D eigenvalue weighted by atomic mass is 10.0. The van der Waals surface area contributed by atoms with Crippen LogP contribution in [0.1, 0.15) is 23.0 Å². The van der Waals surface area contributed by atoms with Gasteiger partial charge >= 0.3 is 5.97 Å². The second-order valence-electron chi connectivity index (χ2n) is 7.53. The highest BCUT2D eigenvalue weighted by Crippen LogP contribution is 2.37. The summed E-state index contributed by atoms with van der Waals surface area (Å²) in [5, 5.41) is 14.9. The van der Waals surface area contributed by atoms with E-state index in [-0.39, 0.29) is 28.5 Å². The number of anilines is 1. The SMILES string of the molecule is CCOC(=O)c1c(-c2ccc(F)cc2)csc1NC(=O)/C(C#N)=C/c1ccc(-c2ccc(Cl)cc2Cl)o1. The fraction of sp³-hybridized carbons (Fsp3) is 0.0741. The molecule has 4 rings (SSSR count). The van der Waals surface area contributed by atoms with E-state index in [0.29, 0.717) is 32.5 Å². The molecule has 37 heavy (non-hydrogen) atoms. The number of thiophene rings is 1. The van der Waals surface area contributed by atoms with Gasteiger partial charge in [0.25, 0.3) is 5.91 Å². The lowest BCUT2D eigenvalue weighted by Gasteiger charge is -2.08. The van der Waals surface area contributed by atoms with Crippen LogP contribution in [0.2, 0.25) is 10.0 Å². The van der Waals surface area contributed by atoms with Crippen LogP contribution in [0.3, 0.4) is 0 Å². The monoisotopic (exact) mass is 554 g/mol. The van der Waals surface area contributed by atoms with E-state index >= 15 is 0 Å². The van der Waals surface area contributed by atoms with E-state index in [9.17, 15) is 19.2 Å². The quantitative estimate of drug-likeness (QED) is 0.143. The molecule has 0 atom stereocenters. The summed E-state index contributed by atoms with van der Waals surface area (Å²) in [5.74, 6) is -1.15. The number of esters is 1. The number of nitrogens with one attached hydrogen (secondary N) is 1. The molecule has 2 aromatic heterocycles. The molecule has 0 unspecified atom stereocenters. The van der Waals surface area contributed by atoms with Gasteiger partial charge in [-0.25, -0.2) is 9.18 Å². The van der Waals surface area contributed by atoms with E-state index in [2.05, 4.69) is 5.32 Å². The first-order valence-electron chi connectivity index (χ1n) is 10.8. The number of hydrogen-bond donors (Lipinski definition) is 1. The molecule has 1 amide bonds. The highest BCUT2D eigenvalue weighted by atomic mass is 35.5. The first-order valence-corrected chi connectivity index (χ1v) is 12.5. The second-order valence-corrected chi connectivity index (χ2v) is 9.25. The Morgan fingerprint density at radius 2 is 1.89 bits per heavy atom. The number of benzene rings is 2. The zero-order chi connectivity index (χ0) is 26.5. The highest BCUT2D eigenvalue weighted by molar-refractivity contribution is 7.15. The maximum atomic E-state index is 13.4. The Hall–Kier alpha value is -3.90. The van der Waals surface area contributed by atoms with Crippen molar-refractivity contribution in [3.05, 3.63) is 92.7 Å². The lowest BCUT2D eigenvalue weighted by Crippen LogP contribution is -2.16. The molecule has 6 nitrogen and oxygen atoms in total. The standard InChI is InChI=1S/C27H17Cl2FN2O4S/c1-2-35-27(34)24-21(15-3-6-18(30)7-4-15)14-37-26(24)32-25(33)16(13-31)11-19-8-10-23(36-19)20-9-5-17(28)12-22(20)29/h3-12,14H,2H2,1H3,(H,32,33)/b16-11+. The molecule has 0 saturated heterocycles. The first kappa shape index (κ1) is 26.2. The van der Waals surface area contributed by atoms with E-state index in [1.807, 2.05) is 6.07 Å². The summed E-state index contributed by atoms with van der Waals surface area (Å²) in [4.78, 5) is 25.7. The van der Waals surface area contributed by atoms with Crippen molar-refractivity contribution in [2.45, 2.75) is 6.92 Å². The van der Waals surface area contributed by atoms with Gasteiger partial charge in [0.2, 0.25) is 0 Å². The topological polar surface area (TPSA) is 92.3 Å². The summed E-state index contributed by atoms with van der Waals surface area (Å²) in [6.45, 7) is 1.78. The fourth-order valence-corrected chi connectivity index (χ4v) is 4.88. The average molecular weight is 555 g/mol. The molecular formula is C27H17Cl2FN2O4S. The van der Waals surface area contributed by atoms with Gasteiger partial charge in [-0.05, 0) is 55.0 Å². The Bertz CT molecular complexity index is 1550. The highest BCUT2D eigenvalue weighted by Gasteiger charge is 2.24. The first-order chi connectivity index (χ1) is 17.8. The number of carbonyl (C=O) groups is 2. The molecule has 4 aromatic rings. The number of carbonyl (C=O) groups excluding carboxylic acids is 2. The minimum absolute atomic E-state index is 0.113. The van der Waals surface area contributed by atoms with Crippen molar-refractivity contribution >= 4 is 57.5 Å². The van der Waals surface area contributed by atoms with Crippen molar-refractivity contribution in [1.29, 1.82) is 5.26 Å². The van der Waals surface area contributed by atoms with E-state index in [1.54, 1.807) is 42.6 Å². The molecule has 2 aromatic carbocycles. The van der Waals surface area contributed by atoms with Crippen LogP contribution >= 0.6 is 34.5 Å². The summed E-state index contributed by atoms with van der Waals surface area (Å²) in [6, 6.07) is 15.6. The third kappa shape index (κ3) is 5.92. The molecule has 0 bridgehead atoms. The van der Waals surface area contributed by atoms with Crippen molar-refractivity contribution in [1.82, 2.24) is 0 Å². The second kappa shape index (κ2) is 11.4. The van der Waals surface area contributed by atoms with Gasteiger partial charge in [0.1, 0.15) is 39.5 Å². The molecule has 186 valence electrons. The number of halogens is 3. The zero-order valence-corrected chi connectivity index (χ0v) is 21.5. The molecule has 0 aliphatic carbocycles. The molecule has 1 N–H and O–H groups in total. The van der Waals surface area contributed by atoms with Crippen LogP contribution in [0.15, 0.2) is 70.0 Å². The number of furan rings is 1. The number of ether oxygens (including phenoxy) is 1. The number of rotatable bonds is 7. The van der Waals surface area contributed by atoms with Crippen LogP contribution in [-0.4, -0.2) is 18.5 Å². The molecule has 2 heterocycles. The van der Waals surface area contributed by atoms with Gasteiger partial charge in [-0.15, -0.1) is 11.3 Å². The van der Waals surface area contributed by atoms with Gasteiger partial charge in [0.05, 0.1) is 11.6 Å². The van der Waals surface area contributed by atoms with Crippen molar-refractivity contribution in [3.8, 4) is 28.5 Å². The van der Waals surface area contributed by atoms with Gasteiger partial charge in [-0.3, -0.25) is 4.79 Å². The number of amides is 1. The van der Waals surface area contributed by atoms with E-state index in [1.165, 1.54) is 30.3 Å². The molecule has 10 heteroatoms. The largest absolute Gasteiger partial charge is 0.462 e. The van der Waals surface area contributed by atoms with E-state index < -0.39 is 17.7 Å². The lowest BCUT2D eigenvalue weighted by molar-refractivity contribution is -0.112. The number of nitrogens with zero attached hydrogens (tertiary/aromatic N) is 1. The Balaban J connectivity index is 1.62. The fourth-order valence-electron chi connectivity index (χ4n) is 3.42. The minimum atomic E-state index is -0.747. The maximum absolute atomic E-state index is 13.4. The minimum Gasteiger partial charge on any atom is -0.462 e. The molecule has 0 saturated carbocycles. The van der Waals surface area contributed by atoms with Crippen molar-refractivity contribution in [3.63, 3.8) is 0 Å². The van der Waals surface area contributed by atoms with Crippen molar-refractivity contribution in [2.75, 3.05) is 11.9 Å². The molecular weight excluding hydrogens is 538 g/mol. The Morgan fingerprint density at radius 1 is 1.14 bits per heavy atom. The van der Waals surface area contributed by atoms with Gasteiger partial charge in [0, 0.05) is 27.6 Å². The third-order valence-corrected chi connectivity index (χ3v) is 6.57. The Kier molecular flexibility index (Phi) is 8.09. The van der Waals surface area contributed by atoms with Crippen LogP contribution < -0.4 is 5.32 Å². The Morgan fingerprint density at radius 3 is 2.57 bits per heavy atom. The smallest absolute Gasteiger partial charge is 0.341 e. The zero-order valence-electron chi connectivity index (χ0n) is 19.2. The average Bonchev–Trinajstić information content (AvgIpc) is 3.50. The molecule has 0 aliphatic rings. The molecule has 0 spiro atoms. The van der Waals surface area contributed by atoms with Gasteiger partial charge < -0.3 is 14.5 Å². The predicted octanol–water partition coefficient (Wildman–Crippen LogP) is 7.84. The normalized spacial score (nSPS) is 11.2. The summed E-state index contributed by atoms with van der Waals surface area (Å²) in [5.41, 5.74) is 1.49. The summed E-state index contributed by atoms with van der Waals surface area (Å²) in [6.07, 6.45) is 1.28. The van der Waals surface area contributed by atoms with Gasteiger partial charge in [0.15, 0.2) is 0 Å². The Labute approximate surface area is 225 Å². The van der Waals surface area contributed by atoms with Gasteiger partial charge in [-0.1, -0.05) is 35.3 Å². The predicted molar refractivity (Wildman–Crippen MR) is 142 cm³/mol. The number of hydrogen-bond acceptors (Lipinski definition) is 6.